The fraction of sp³-hybridized carbons (Fsp3) is 1.00. The lowest BCUT2D eigenvalue weighted by Gasteiger charge is -2.38. The molecule has 1 rings (SSSR count). The van der Waals surface area contributed by atoms with Crippen molar-refractivity contribution in [2.75, 3.05) is 20.1 Å². The van der Waals surface area contributed by atoms with Crippen LogP contribution in [0.4, 0.5) is 13.2 Å². The SMILES string of the molecule is CN1CCCC(O)(C(F)(F)F)C1. The van der Waals surface area contributed by atoms with Crippen LogP contribution in [0.25, 0.3) is 0 Å². The zero-order valence-corrected chi connectivity index (χ0v) is 6.86. The van der Waals surface area contributed by atoms with Crippen LogP contribution in [0, 0.1) is 0 Å². The lowest BCUT2D eigenvalue weighted by molar-refractivity contribution is -0.272. The minimum atomic E-state index is -4.50. The van der Waals surface area contributed by atoms with E-state index in [4.69, 9.17) is 0 Å². The smallest absolute Gasteiger partial charge is 0.379 e. The zero-order chi connectivity index (χ0) is 9.41. The lowest BCUT2D eigenvalue weighted by atomic mass is 9.93. The molecule has 0 radical (unpaired) electrons. The van der Waals surface area contributed by atoms with E-state index in [-0.39, 0.29) is 13.0 Å². The monoisotopic (exact) mass is 183 g/mol. The van der Waals surface area contributed by atoms with Crippen LogP contribution < -0.4 is 0 Å². The summed E-state index contributed by atoms with van der Waals surface area (Å²) in [5.41, 5.74) is -2.49. The van der Waals surface area contributed by atoms with Gasteiger partial charge in [-0.1, -0.05) is 0 Å². The molecule has 1 atom stereocenters. The van der Waals surface area contributed by atoms with Gasteiger partial charge in [-0.3, -0.25) is 0 Å². The summed E-state index contributed by atoms with van der Waals surface area (Å²) in [4.78, 5) is 1.50. The molecule has 1 N–H and O–H groups in total. The molecule has 0 amide bonds. The number of likely N-dealkylation sites (tertiary alicyclic amines) is 1. The van der Waals surface area contributed by atoms with Gasteiger partial charge in [0.05, 0.1) is 0 Å². The molecule has 0 aliphatic carbocycles. The molecule has 5 heteroatoms. The molecule has 1 unspecified atom stereocenters. The molecule has 1 heterocycles. The average Bonchev–Trinajstić information content (AvgIpc) is 1.83. The maximum absolute atomic E-state index is 12.2. The third-order valence-corrected chi connectivity index (χ3v) is 2.19. The quantitative estimate of drug-likeness (QED) is 0.605. The van der Waals surface area contributed by atoms with Crippen LogP contribution in [0.2, 0.25) is 0 Å². The number of aliphatic hydroxyl groups is 1. The van der Waals surface area contributed by atoms with Crippen LogP contribution in [-0.4, -0.2) is 41.9 Å². The van der Waals surface area contributed by atoms with Crippen molar-refractivity contribution in [2.45, 2.75) is 24.6 Å². The third kappa shape index (κ3) is 1.72. The molecule has 0 saturated carbocycles. The van der Waals surface area contributed by atoms with Crippen LogP contribution in [0.3, 0.4) is 0 Å². The standard InChI is InChI=1S/C7H12F3NO/c1-11-4-2-3-6(12,5-11)7(8,9)10/h12H,2-5H2,1H3. The summed E-state index contributed by atoms with van der Waals surface area (Å²) in [6, 6.07) is 0. The molecular weight excluding hydrogens is 171 g/mol. The van der Waals surface area contributed by atoms with E-state index in [0.29, 0.717) is 13.0 Å². The molecule has 0 aromatic rings. The summed E-state index contributed by atoms with van der Waals surface area (Å²) in [6.07, 6.45) is -4.28. The largest absolute Gasteiger partial charge is 0.418 e. The van der Waals surface area contributed by atoms with E-state index >= 15 is 0 Å². The molecular formula is C7H12F3NO. The van der Waals surface area contributed by atoms with Crippen LogP contribution in [0.5, 0.6) is 0 Å². The molecule has 12 heavy (non-hydrogen) atoms. The highest BCUT2D eigenvalue weighted by Gasteiger charge is 2.54. The van der Waals surface area contributed by atoms with Crippen molar-refractivity contribution in [1.29, 1.82) is 0 Å². The van der Waals surface area contributed by atoms with Crippen molar-refractivity contribution >= 4 is 0 Å². The molecule has 72 valence electrons. The number of likely N-dealkylation sites (N-methyl/N-ethyl adjacent to an activating group) is 1. The number of halogens is 3. The molecule has 2 nitrogen and oxygen atoms in total. The second kappa shape index (κ2) is 2.88. The highest BCUT2D eigenvalue weighted by Crippen LogP contribution is 2.36. The maximum Gasteiger partial charge on any atom is 0.418 e. The number of nitrogens with zero attached hydrogens (tertiary/aromatic N) is 1. The van der Waals surface area contributed by atoms with Gasteiger partial charge in [-0.15, -0.1) is 0 Å². The van der Waals surface area contributed by atoms with Crippen molar-refractivity contribution in [2.24, 2.45) is 0 Å². The second-order valence-corrected chi connectivity index (χ2v) is 3.37. The van der Waals surface area contributed by atoms with E-state index in [1.807, 2.05) is 0 Å². The molecule has 0 aromatic heterocycles. The summed E-state index contributed by atoms with van der Waals surface area (Å²) in [6.45, 7) is 0.314. The van der Waals surface area contributed by atoms with Crippen LogP contribution in [-0.2, 0) is 0 Å². The van der Waals surface area contributed by atoms with Crippen LogP contribution in [0.15, 0.2) is 0 Å². The summed E-state index contributed by atoms with van der Waals surface area (Å²) in [5.74, 6) is 0. The Labute approximate surface area is 69.0 Å². The fourth-order valence-electron chi connectivity index (χ4n) is 1.48. The molecule has 0 aromatic carbocycles. The zero-order valence-electron chi connectivity index (χ0n) is 6.86. The van der Waals surface area contributed by atoms with Crippen molar-refractivity contribution in [1.82, 2.24) is 4.90 Å². The Morgan fingerprint density at radius 3 is 2.33 bits per heavy atom. The van der Waals surface area contributed by atoms with Crippen molar-refractivity contribution < 1.29 is 18.3 Å². The van der Waals surface area contributed by atoms with Gasteiger partial charge in [0.25, 0.3) is 0 Å². The van der Waals surface area contributed by atoms with E-state index in [1.165, 1.54) is 4.90 Å². The molecule has 1 fully saturated rings. The van der Waals surface area contributed by atoms with Crippen molar-refractivity contribution in [3.05, 3.63) is 0 Å². The van der Waals surface area contributed by atoms with E-state index in [2.05, 4.69) is 0 Å². The van der Waals surface area contributed by atoms with Gasteiger partial charge in [-0.2, -0.15) is 13.2 Å². The first-order valence-electron chi connectivity index (χ1n) is 3.83. The number of hydrogen-bond acceptors (Lipinski definition) is 2. The van der Waals surface area contributed by atoms with Gasteiger partial charge in [-0.05, 0) is 26.4 Å². The van der Waals surface area contributed by atoms with Gasteiger partial charge in [0, 0.05) is 6.54 Å². The summed E-state index contributed by atoms with van der Waals surface area (Å²) in [5, 5.41) is 9.21. The maximum atomic E-state index is 12.2. The lowest BCUT2D eigenvalue weighted by Crippen LogP contribution is -2.55. The fourth-order valence-corrected chi connectivity index (χ4v) is 1.48. The van der Waals surface area contributed by atoms with Crippen LogP contribution >= 0.6 is 0 Å². The first kappa shape index (κ1) is 9.80. The normalized spacial score (nSPS) is 33.8. The highest BCUT2D eigenvalue weighted by molar-refractivity contribution is 4.92. The second-order valence-electron chi connectivity index (χ2n) is 3.37. The topological polar surface area (TPSA) is 23.5 Å². The Bertz CT molecular complexity index is 171. The predicted molar refractivity (Wildman–Crippen MR) is 37.7 cm³/mol. The molecule has 1 aliphatic heterocycles. The first-order valence-corrected chi connectivity index (χ1v) is 3.83. The number of piperidine rings is 1. The van der Waals surface area contributed by atoms with Crippen molar-refractivity contribution in [3.8, 4) is 0 Å². The molecule has 1 aliphatic rings. The van der Waals surface area contributed by atoms with E-state index in [1.54, 1.807) is 7.05 Å². The first-order chi connectivity index (χ1) is 5.35. The van der Waals surface area contributed by atoms with E-state index in [0.717, 1.165) is 0 Å². The van der Waals surface area contributed by atoms with E-state index in [9.17, 15) is 18.3 Å². The van der Waals surface area contributed by atoms with E-state index < -0.39 is 11.8 Å². The Morgan fingerprint density at radius 2 is 2.00 bits per heavy atom. The Kier molecular flexibility index (Phi) is 2.35. The number of alkyl halides is 3. The molecule has 1 saturated heterocycles. The minimum Gasteiger partial charge on any atom is -0.379 e. The molecule has 0 bridgehead atoms. The van der Waals surface area contributed by atoms with Gasteiger partial charge in [0.2, 0.25) is 0 Å². The van der Waals surface area contributed by atoms with Gasteiger partial charge in [0.1, 0.15) is 0 Å². The minimum absolute atomic E-state index is 0.180. The number of hydrogen-bond donors (Lipinski definition) is 1. The Hall–Kier alpha value is -0.290. The number of β-amino-alcohol motifs (C(OH)–C–C–N with tert-alkyl or cyclic N) is 1. The predicted octanol–water partition coefficient (Wildman–Crippen LogP) is 1.01. The van der Waals surface area contributed by atoms with Crippen molar-refractivity contribution in [3.63, 3.8) is 0 Å². The summed E-state index contributed by atoms with van der Waals surface area (Å²) in [7, 11) is 1.58. The van der Waals surface area contributed by atoms with Gasteiger partial charge in [0.15, 0.2) is 5.60 Å². The Morgan fingerprint density at radius 1 is 1.42 bits per heavy atom. The number of rotatable bonds is 0. The highest BCUT2D eigenvalue weighted by atomic mass is 19.4. The van der Waals surface area contributed by atoms with Gasteiger partial charge in [-0.25, -0.2) is 0 Å². The van der Waals surface area contributed by atoms with Crippen LogP contribution in [0.1, 0.15) is 12.8 Å². The molecule has 0 spiro atoms. The van der Waals surface area contributed by atoms with Gasteiger partial charge < -0.3 is 10.0 Å². The van der Waals surface area contributed by atoms with Gasteiger partial charge >= 0.3 is 6.18 Å². The summed E-state index contributed by atoms with van der Waals surface area (Å²) >= 11 is 0. The average molecular weight is 183 g/mol. The third-order valence-electron chi connectivity index (χ3n) is 2.19. The summed E-state index contributed by atoms with van der Waals surface area (Å²) < 4.78 is 36.7. The Balaban J connectivity index is 2.70.